The number of ether oxygens (including phenoxy) is 1. The van der Waals surface area contributed by atoms with Gasteiger partial charge >= 0.3 is 5.97 Å². The predicted molar refractivity (Wildman–Crippen MR) is 115 cm³/mol. The first-order chi connectivity index (χ1) is 14.5. The van der Waals surface area contributed by atoms with E-state index in [0.717, 1.165) is 24.9 Å². The molecule has 4 rings (SSSR count). The second-order valence-electron chi connectivity index (χ2n) is 7.89. The molecule has 1 fully saturated rings. The standard InChI is InChI=1S/C22H28N4O3S/c1-4-17-23-22-26(24-17)20(27)19(30-22)18(15-10-8-14(3)9-11-15)25-12-6-7-16(13-25)21(28)29-5-2/h8-11,16,18-19H,4-7,12-13H2,1-3H3. The Kier molecular flexibility index (Phi) is 6.24. The smallest absolute Gasteiger partial charge is 0.310 e. The lowest BCUT2D eigenvalue weighted by Gasteiger charge is -2.39. The average Bonchev–Trinajstić information content (AvgIpc) is 3.29. The van der Waals surface area contributed by atoms with Crippen molar-refractivity contribution in [3.8, 4) is 0 Å². The molecule has 2 aliphatic rings. The van der Waals surface area contributed by atoms with Gasteiger partial charge in [-0.05, 0) is 38.8 Å². The number of rotatable bonds is 6. The highest BCUT2D eigenvalue weighted by atomic mass is 32.2. The maximum Gasteiger partial charge on any atom is 0.310 e. The van der Waals surface area contributed by atoms with E-state index in [1.165, 1.54) is 22.0 Å². The van der Waals surface area contributed by atoms with Crippen LogP contribution in [0.2, 0.25) is 0 Å². The van der Waals surface area contributed by atoms with E-state index in [2.05, 4.69) is 46.2 Å². The monoisotopic (exact) mass is 428 g/mol. The zero-order valence-electron chi connectivity index (χ0n) is 17.7. The minimum absolute atomic E-state index is 0.0361. The molecule has 3 heterocycles. The van der Waals surface area contributed by atoms with Crippen molar-refractivity contribution in [1.82, 2.24) is 19.7 Å². The summed E-state index contributed by atoms with van der Waals surface area (Å²) in [6.07, 6.45) is 2.43. The van der Waals surface area contributed by atoms with Crippen molar-refractivity contribution in [2.75, 3.05) is 19.7 Å². The molecule has 2 aromatic rings. The molecule has 3 atom stereocenters. The first-order valence-electron chi connectivity index (χ1n) is 10.7. The van der Waals surface area contributed by atoms with Gasteiger partial charge in [0, 0.05) is 13.0 Å². The number of carbonyl (C=O) groups excluding carboxylic acids is 2. The van der Waals surface area contributed by atoms with Gasteiger partial charge in [0.05, 0.1) is 18.6 Å². The SMILES string of the molecule is CCOC(=O)C1CCCN(C(c2ccc(C)cc2)C2Sc3nc(CC)nn3C2=O)C1. The van der Waals surface area contributed by atoms with Crippen LogP contribution in [-0.4, -0.2) is 56.5 Å². The van der Waals surface area contributed by atoms with Crippen LogP contribution < -0.4 is 0 Å². The number of nitrogens with zero attached hydrogens (tertiary/aromatic N) is 4. The van der Waals surface area contributed by atoms with Crippen molar-refractivity contribution in [1.29, 1.82) is 0 Å². The highest BCUT2D eigenvalue weighted by Gasteiger charge is 2.44. The Morgan fingerprint density at radius 3 is 2.73 bits per heavy atom. The largest absolute Gasteiger partial charge is 0.466 e. The van der Waals surface area contributed by atoms with E-state index in [1.54, 1.807) is 0 Å². The summed E-state index contributed by atoms with van der Waals surface area (Å²) in [7, 11) is 0. The fourth-order valence-electron chi connectivity index (χ4n) is 4.24. The molecule has 1 saturated heterocycles. The van der Waals surface area contributed by atoms with Gasteiger partial charge in [-0.2, -0.15) is 4.68 Å². The van der Waals surface area contributed by atoms with E-state index < -0.39 is 0 Å². The molecule has 30 heavy (non-hydrogen) atoms. The Balaban J connectivity index is 1.64. The van der Waals surface area contributed by atoms with Gasteiger partial charge in [-0.1, -0.05) is 48.5 Å². The number of piperidine rings is 1. The number of hydrogen-bond acceptors (Lipinski definition) is 7. The summed E-state index contributed by atoms with van der Waals surface area (Å²) in [5, 5.41) is 4.71. The fourth-order valence-corrected chi connectivity index (χ4v) is 5.52. The van der Waals surface area contributed by atoms with Gasteiger partial charge in [0.25, 0.3) is 5.91 Å². The third-order valence-corrected chi connectivity index (χ3v) is 6.98. The first kappa shape index (κ1) is 21.1. The van der Waals surface area contributed by atoms with Crippen LogP contribution in [0.4, 0.5) is 0 Å². The molecular weight excluding hydrogens is 400 g/mol. The minimum Gasteiger partial charge on any atom is -0.466 e. The van der Waals surface area contributed by atoms with Crippen molar-refractivity contribution in [3.63, 3.8) is 0 Å². The van der Waals surface area contributed by atoms with Crippen LogP contribution in [0.1, 0.15) is 54.5 Å². The van der Waals surface area contributed by atoms with Gasteiger partial charge in [0.2, 0.25) is 0 Å². The highest BCUT2D eigenvalue weighted by molar-refractivity contribution is 8.00. The maximum absolute atomic E-state index is 13.3. The first-order valence-corrected chi connectivity index (χ1v) is 11.5. The minimum atomic E-state index is -0.338. The summed E-state index contributed by atoms with van der Waals surface area (Å²) in [4.78, 5) is 32.5. The summed E-state index contributed by atoms with van der Waals surface area (Å²) in [5.41, 5.74) is 2.26. The maximum atomic E-state index is 13.3. The van der Waals surface area contributed by atoms with Gasteiger partial charge < -0.3 is 4.74 Å². The van der Waals surface area contributed by atoms with Crippen LogP contribution in [0.15, 0.2) is 29.4 Å². The fraction of sp³-hybridized carbons (Fsp3) is 0.545. The molecule has 3 unspecified atom stereocenters. The second-order valence-corrected chi connectivity index (χ2v) is 9.00. The Bertz CT molecular complexity index is 927. The molecule has 0 spiro atoms. The molecule has 1 aromatic carbocycles. The summed E-state index contributed by atoms with van der Waals surface area (Å²) in [6, 6.07) is 8.19. The van der Waals surface area contributed by atoms with Crippen LogP contribution in [-0.2, 0) is 16.0 Å². The number of aromatic nitrogens is 3. The van der Waals surface area contributed by atoms with Crippen molar-refractivity contribution >= 4 is 23.6 Å². The number of esters is 1. The summed E-state index contributed by atoms with van der Waals surface area (Å²) >= 11 is 1.48. The van der Waals surface area contributed by atoms with Crippen LogP contribution >= 0.6 is 11.8 Å². The van der Waals surface area contributed by atoms with Gasteiger partial charge in [0.15, 0.2) is 11.0 Å². The number of aryl methyl sites for hydroxylation is 2. The zero-order valence-corrected chi connectivity index (χ0v) is 18.5. The Morgan fingerprint density at radius 2 is 2.07 bits per heavy atom. The molecule has 2 aliphatic heterocycles. The molecule has 0 aliphatic carbocycles. The molecule has 1 aromatic heterocycles. The van der Waals surface area contributed by atoms with Crippen molar-refractivity contribution < 1.29 is 14.3 Å². The zero-order chi connectivity index (χ0) is 21.3. The van der Waals surface area contributed by atoms with E-state index in [0.29, 0.717) is 30.6 Å². The van der Waals surface area contributed by atoms with Crippen LogP contribution in [0.5, 0.6) is 0 Å². The van der Waals surface area contributed by atoms with Crippen molar-refractivity contribution in [2.24, 2.45) is 5.92 Å². The predicted octanol–water partition coefficient (Wildman–Crippen LogP) is 3.28. The van der Waals surface area contributed by atoms with Crippen LogP contribution in [0.25, 0.3) is 0 Å². The van der Waals surface area contributed by atoms with Gasteiger partial charge in [-0.15, -0.1) is 5.10 Å². The lowest BCUT2D eigenvalue weighted by atomic mass is 9.93. The van der Waals surface area contributed by atoms with E-state index in [9.17, 15) is 9.59 Å². The third-order valence-electron chi connectivity index (χ3n) is 5.79. The van der Waals surface area contributed by atoms with Crippen molar-refractivity contribution in [2.45, 2.75) is 56.5 Å². The lowest BCUT2D eigenvalue weighted by Crippen LogP contribution is -2.46. The molecule has 0 amide bonds. The molecule has 0 saturated carbocycles. The van der Waals surface area contributed by atoms with Crippen LogP contribution in [0.3, 0.4) is 0 Å². The highest BCUT2D eigenvalue weighted by Crippen LogP contribution is 2.42. The van der Waals surface area contributed by atoms with Crippen LogP contribution in [0, 0.1) is 12.8 Å². The number of likely N-dealkylation sites (tertiary alicyclic amines) is 1. The number of fused-ring (bicyclic) bond motifs is 1. The molecule has 0 N–H and O–H groups in total. The number of benzene rings is 1. The number of hydrogen-bond donors (Lipinski definition) is 0. The Hall–Kier alpha value is -2.19. The van der Waals surface area contributed by atoms with E-state index in [4.69, 9.17) is 4.74 Å². The quantitative estimate of drug-likeness (QED) is 0.654. The lowest BCUT2D eigenvalue weighted by molar-refractivity contribution is -0.150. The van der Waals surface area contributed by atoms with Crippen molar-refractivity contribution in [3.05, 3.63) is 41.2 Å². The van der Waals surface area contributed by atoms with Gasteiger partial charge in [-0.3, -0.25) is 14.5 Å². The third kappa shape index (κ3) is 4.03. The second kappa shape index (κ2) is 8.89. The molecular formula is C22H28N4O3S. The van der Waals surface area contributed by atoms with E-state index >= 15 is 0 Å². The average molecular weight is 429 g/mol. The topological polar surface area (TPSA) is 77.3 Å². The van der Waals surface area contributed by atoms with Gasteiger partial charge in [-0.25, -0.2) is 4.98 Å². The number of thioether (sulfide) groups is 1. The summed E-state index contributed by atoms with van der Waals surface area (Å²) in [5.74, 6) is 0.357. The van der Waals surface area contributed by atoms with E-state index in [-0.39, 0.29) is 29.1 Å². The van der Waals surface area contributed by atoms with Gasteiger partial charge in [0.1, 0.15) is 5.25 Å². The summed E-state index contributed by atoms with van der Waals surface area (Å²) < 4.78 is 6.74. The Morgan fingerprint density at radius 1 is 1.30 bits per heavy atom. The Labute approximate surface area is 181 Å². The summed E-state index contributed by atoms with van der Waals surface area (Å²) in [6.45, 7) is 7.70. The van der Waals surface area contributed by atoms with E-state index in [1.807, 2.05) is 13.8 Å². The molecule has 160 valence electrons. The number of carbonyl (C=O) groups is 2. The normalized spacial score (nSPS) is 22.7. The molecule has 8 heteroatoms. The molecule has 0 radical (unpaired) electrons. The molecule has 7 nitrogen and oxygen atoms in total. The molecule has 0 bridgehead atoms.